The summed E-state index contributed by atoms with van der Waals surface area (Å²) in [5.41, 5.74) is 1.92. The Kier molecular flexibility index (Phi) is 5.97. The van der Waals surface area contributed by atoms with Crippen LogP contribution in [0.3, 0.4) is 0 Å². The Morgan fingerprint density at radius 1 is 1.26 bits per heavy atom. The number of hydrogen-bond donors (Lipinski definition) is 2. The topological polar surface area (TPSA) is 89.2 Å². The first-order chi connectivity index (χ1) is 13.0. The molecule has 7 nitrogen and oxygen atoms in total. The van der Waals surface area contributed by atoms with Crippen LogP contribution >= 0.6 is 11.8 Å². The van der Waals surface area contributed by atoms with E-state index in [9.17, 15) is 9.59 Å². The summed E-state index contributed by atoms with van der Waals surface area (Å²) in [6.45, 7) is 2.38. The second-order valence-corrected chi connectivity index (χ2v) is 6.95. The van der Waals surface area contributed by atoms with Crippen molar-refractivity contribution in [1.82, 2.24) is 14.9 Å². The predicted octanol–water partition coefficient (Wildman–Crippen LogP) is 3.10. The number of aryl methyl sites for hydroxylation is 2. The Balaban J connectivity index is 1.56. The van der Waals surface area contributed by atoms with Gasteiger partial charge in [0.05, 0.1) is 6.26 Å². The summed E-state index contributed by atoms with van der Waals surface area (Å²) in [6, 6.07) is 8.43. The molecule has 0 aliphatic carbocycles. The van der Waals surface area contributed by atoms with E-state index in [-0.39, 0.29) is 17.6 Å². The van der Waals surface area contributed by atoms with E-state index in [0.29, 0.717) is 23.5 Å². The molecule has 0 radical (unpaired) electrons. The quantitative estimate of drug-likeness (QED) is 0.483. The molecule has 0 atom stereocenters. The lowest BCUT2D eigenvalue weighted by molar-refractivity contribution is 0.0954. The molecular formula is C19H20N4O3S. The number of thioether (sulfide) groups is 1. The number of carbonyl (C=O) groups is 2. The van der Waals surface area contributed by atoms with Gasteiger partial charge < -0.3 is 19.6 Å². The number of benzene rings is 1. The second-order valence-electron chi connectivity index (χ2n) is 5.89. The summed E-state index contributed by atoms with van der Waals surface area (Å²) in [4.78, 5) is 28.7. The maximum Gasteiger partial charge on any atom is 0.291 e. The number of hydrogen-bond acceptors (Lipinski definition) is 5. The van der Waals surface area contributed by atoms with E-state index >= 15 is 0 Å². The van der Waals surface area contributed by atoms with E-state index in [1.54, 1.807) is 48.3 Å². The summed E-state index contributed by atoms with van der Waals surface area (Å²) in [5.74, 6) is 0.386. The molecule has 2 amide bonds. The Labute approximate surface area is 161 Å². The molecule has 0 unspecified atom stereocenters. The fourth-order valence-corrected chi connectivity index (χ4v) is 3.18. The van der Waals surface area contributed by atoms with Crippen LogP contribution in [-0.2, 0) is 7.05 Å². The zero-order valence-electron chi connectivity index (χ0n) is 15.1. The summed E-state index contributed by atoms with van der Waals surface area (Å²) < 4.78 is 7.02. The number of amides is 2. The number of nitrogens with zero attached hydrogens (tertiary/aromatic N) is 2. The van der Waals surface area contributed by atoms with Crippen LogP contribution < -0.4 is 10.6 Å². The van der Waals surface area contributed by atoms with Crippen LogP contribution in [0.25, 0.3) is 0 Å². The molecule has 0 spiro atoms. The van der Waals surface area contributed by atoms with Crippen molar-refractivity contribution < 1.29 is 14.0 Å². The molecule has 0 saturated carbocycles. The van der Waals surface area contributed by atoms with Gasteiger partial charge in [0.25, 0.3) is 11.8 Å². The first kappa shape index (κ1) is 18.8. The Morgan fingerprint density at radius 2 is 2.11 bits per heavy atom. The van der Waals surface area contributed by atoms with Gasteiger partial charge >= 0.3 is 0 Å². The predicted molar refractivity (Wildman–Crippen MR) is 104 cm³/mol. The normalized spacial score (nSPS) is 10.6. The molecule has 3 rings (SSSR count). The monoisotopic (exact) mass is 384 g/mol. The summed E-state index contributed by atoms with van der Waals surface area (Å²) in [6.07, 6.45) is 5.06. The molecule has 140 valence electrons. The van der Waals surface area contributed by atoms with Crippen molar-refractivity contribution in [3.05, 3.63) is 65.9 Å². The van der Waals surface area contributed by atoms with Gasteiger partial charge in [-0.1, -0.05) is 17.8 Å². The summed E-state index contributed by atoms with van der Waals surface area (Å²) >= 11 is 1.57. The molecule has 0 aliphatic rings. The van der Waals surface area contributed by atoms with E-state index in [2.05, 4.69) is 15.6 Å². The zero-order valence-corrected chi connectivity index (χ0v) is 15.9. The molecule has 2 aromatic heterocycles. The number of rotatable bonds is 7. The maximum absolute atomic E-state index is 12.4. The highest BCUT2D eigenvalue weighted by molar-refractivity contribution is 7.99. The van der Waals surface area contributed by atoms with E-state index in [1.165, 1.54) is 6.26 Å². The minimum absolute atomic E-state index is 0.191. The third-order valence-electron chi connectivity index (χ3n) is 3.89. The maximum atomic E-state index is 12.4. The van der Waals surface area contributed by atoms with Crippen LogP contribution in [0.1, 0.15) is 26.5 Å². The molecule has 2 heterocycles. The molecule has 27 heavy (non-hydrogen) atoms. The Bertz CT molecular complexity index is 934. The minimum atomic E-state index is -0.355. The van der Waals surface area contributed by atoms with Gasteiger partial charge in [-0.3, -0.25) is 9.59 Å². The van der Waals surface area contributed by atoms with Gasteiger partial charge in [0.2, 0.25) is 0 Å². The molecule has 1 aromatic carbocycles. The fourth-order valence-electron chi connectivity index (χ4n) is 2.39. The lowest BCUT2D eigenvalue weighted by Gasteiger charge is -2.10. The van der Waals surface area contributed by atoms with Gasteiger partial charge in [-0.15, -0.1) is 0 Å². The molecule has 3 aromatic rings. The van der Waals surface area contributed by atoms with Gasteiger partial charge in [0.1, 0.15) is 0 Å². The van der Waals surface area contributed by atoms with Crippen LogP contribution in [0.5, 0.6) is 0 Å². The first-order valence-electron chi connectivity index (χ1n) is 8.38. The first-order valence-corrected chi connectivity index (χ1v) is 9.37. The lowest BCUT2D eigenvalue weighted by Crippen LogP contribution is -2.26. The highest BCUT2D eigenvalue weighted by Crippen LogP contribution is 2.18. The highest BCUT2D eigenvalue weighted by Gasteiger charge is 2.13. The van der Waals surface area contributed by atoms with Crippen LogP contribution in [-0.4, -0.2) is 33.7 Å². The summed E-state index contributed by atoms with van der Waals surface area (Å²) in [5, 5.41) is 6.56. The van der Waals surface area contributed by atoms with Crippen molar-refractivity contribution in [2.75, 3.05) is 17.6 Å². The van der Waals surface area contributed by atoms with Crippen LogP contribution in [0.15, 0.2) is 58.6 Å². The number of aromatic nitrogens is 2. The number of carbonyl (C=O) groups excluding carboxylic acids is 2. The third kappa shape index (κ3) is 4.79. The number of anilines is 1. The lowest BCUT2D eigenvalue weighted by atomic mass is 10.1. The molecule has 0 bridgehead atoms. The van der Waals surface area contributed by atoms with E-state index in [1.807, 2.05) is 24.7 Å². The molecule has 8 heteroatoms. The summed E-state index contributed by atoms with van der Waals surface area (Å²) in [7, 11) is 1.93. The second kappa shape index (κ2) is 8.59. The van der Waals surface area contributed by atoms with Crippen molar-refractivity contribution in [2.45, 2.75) is 12.1 Å². The van der Waals surface area contributed by atoms with Crippen molar-refractivity contribution in [3.8, 4) is 0 Å². The van der Waals surface area contributed by atoms with Crippen molar-refractivity contribution in [2.24, 2.45) is 7.05 Å². The highest BCUT2D eigenvalue weighted by atomic mass is 32.2. The zero-order chi connectivity index (χ0) is 19.2. The number of imidazole rings is 1. The molecule has 0 saturated heterocycles. The van der Waals surface area contributed by atoms with Gasteiger partial charge in [-0.05, 0) is 36.8 Å². The van der Waals surface area contributed by atoms with Crippen LogP contribution in [0, 0.1) is 6.92 Å². The molecule has 0 fully saturated rings. The number of furan rings is 1. The minimum Gasteiger partial charge on any atom is -0.459 e. The van der Waals surface area contributed by atoms with E-state index in [0.717, 1.165) is 10.7 Å². The molecular weight excluding hydrogens is 364 g/mol. The third-order valence-corrected chi connectivity index (χ3v) is 4.95. The largest absolute Gasteiger partial charge is 0.459 e. The van der Waals surface area contributed by atoms with Crippen molar-refractivity contribution in [1.29, 1.82) is 0 Å². The fraction of sp³-hybridized carbons (Fsp3) is 0.211. The van der Waals surface area contributed by atoms with Gasteiger partial charge in [-0.2, -0.15) is 0 Å². The Hall–Kier alpha value is -3.00. The number of nitrogens with one attached hydrogen (secondary N) is 2. The van der Waals surface area contributed by atoms with Gasteiger partial charge in [0, 0.05) is 43.0 Å². The van der Waals surface area contributed by atoms with Crippen LogP contribution in [0.2, 0.25) is 0 Å². The van der Waals surface area contributed by atoms with E-state index < -0.39 is 0 Å². The molecule has 0 aliphatic heterocycles. The average molecular weight is 384 g/mol. The standard InChI is InChI=1S/C19H20N4O3S/c1-13-5-6-14(12-15(13)22-18(25)16-4-3-10-26-16)17(24)20-8-11-27-19-21-7-9-23(19)2/h3-7,9-10,12H,8,11H2,1-2H3,(H,20,24)(H,22,25). The van der Waals surface area contributed by atoms with Gasteiger partial charge in [-0.25, -0.2) is 4.98 Å². The van der Waals surface area contributed by atoms with Crippen molar-refractivity contribution in [3.63, 3.8) is 0 Å². The van der Waals surface area contributed by atoms with E-state index in [4.69, 9.17) is 4.42 Å². The Morgan fingerprint density at radius 3 is 2.81 bits per heavy atom. The average Bonchev–Trinajstić information content (AvgIpc) is 3.32. The smallest absolute Gasteiger partial charge is 0.291 e. The van der Waals surface area contributed by atoms with Gasteiger partial charge in [0.15, 0.2) is 10.9 Å². The SMILES string of the molecule is Cc1ccc(C(=O)NCCSc2nccn2C)cc1NC(=O)c1ccco1. The van der Waals surface area contributed by atoms with Crippen LogP contribution in [0.4, 0.5) is 5.69 Å². The molecule has 2 N–H and O–H groups in total. The van der Waals surface area contributed by atoms with Crippen molar-refractivity contribution >= 4 is 29.3 Å².